The Hall–Kier alpha value is -3.43. The number of esters is 1. The van der Waals surface area contributed by atoms with Crippen LogP contribution in [0.25, 0.3) is 0 Å². The molecule has 1 atom stereocenters. The summed E-state index contributed by atoms with van der Waals surface area (Å²) in [6.45, 7) is 1.46. The van der Waals surface area contributed by atoms with Crippen LogP contribution >= 0.6 is 0 Å². The standard InChI is InChI=1S/C16H16N2O8/c1-8-5-10(13(18(21)22)15(19)17-8)26-16(20)9-6-11(23-2)14(25-4)12(7-9)24-3/h5-7,13H,1-4H3. The van der Waals surface area contributed by atoms with E-state index in [-0.39, 0.29) is 28.5 Å². The maximum atomic E-state index is 12.4. The predicted molar refractivity (Wildman–Crippen MR) is 88.5 cm³/mol. The van der Waals surface area contributed by atoms with Gasteiger partial charge in [0.1, 0.15) is 0 Å². The highest BCUT2D eigenvalue weighted by Gasteiger charge is 2.39. The third-order valence-electron chi connectivity index (χ3n) is 3.46. The van der Waals surface area contributed by atoms with Gasteiger partial charge in [-0.2, -0.15) is 0 Å². The Morgan fingerprint density at radius 1 is 1.15 bits per heavy atom. The lowest BCUT2D eigenvalue weighted by Gasteiger charge is -2.16. The molecule has 138 valence electrons. The van der Waals surface area contributed by atoms with Crippen molar-refractivity contribution >= 4 is 17.6 Å². The molecule has 0 N–H and O–H groups in total. The summed E-state index contributed by atoms with van der Waals surface area (Å²) in [6.07, 6.45) is 1.17. The quantitative estimate of drug-likeness (QED) is 0.421. The zero-order valence-corrected chi connectivity index (χ0v) is 14.5. The van der Waals surface area contributed by atoms with Crippen molar-refractivity contribution in [3.05, 3.63) is 39.6 Å². The fourth-order valence-corrected chi connectivity index (χ4v) is 2.32. The minimum Gasteiger partial charge on any atom is -0.493 e. The number of carbonyl (C=O) groups excluding carboxylic acids is 2. The number of nitro groups is 1. The van der Waals surface area contributed by atoms with Gasteiger partial charge in [0, 0.05) is 16.7 Å². The molecule has 0 saturated heterocycles. The Kier molecular flexibility index (Phi) is 5.55. The first-order chi connectivity index (χ1) is 12.3. The van der Waals surface area contributed by atoms with E-state index in [0.717, 1.165) is 0 Å². The molecule has 0 saturated carbocycles. The number of hydrogen-bond acceptors (Lipinski definition) is 8. The summed E-state index contributed by atoms with van der Waals surface area (Å²) < 4.78 is 20.5. The fraction of sp³-hybridized carbons (Fsp3) is 0.312. The van der Waals surface area contributed by atoms with Gasteiger partial charge in [0.05, 0.1) is 26.9 Å². The van der Waals surface area contributed by atoms with Crippen molar-refractivity contribution in [2.45, 2.75) is 13.0 Å². The number of rotatable bonds is 6. The smallest absolute Gasteiger partial charge is 0.348 e. The summed E-state index contributed by atoms with van der Waals surface area (Å²) >= 11 is 0. The molecular formula is C16H16N2O8. The van der Waals surface area contributed by atoms with Gasteiger partial charge < -0.3 is 18.9 Å². The van der Waals surface area contributed by atoms with Gasteiger partial charge in [-0.1, -0.05) is 0 Å². The molecule has 0 aromatic heterocycles. The highest BCUT2D eigenvalue weighted by Crippen LogP contribution is 2.38. The van der Waals surface area contributed by atoms with Crippen LogP contribution in [0, 0.1) is 10.1 Å². The first-order valence-electron chi connectivity index (χ1n) is 7.28. The minimum absolute atomic E-state index is 0.00453. The molecule has 26 heavy (non-hydrogen) atoms. The molecule has 1 aliphatic rings. The van der Waals surface area contributed by atoms with Gasteiger partial charge in [-0.05, 0) is 19.1 Å². The summed E-state index contributed by atoms with van der Waals surface area (Å²) in [7, 11) is 4.15. The number of nitrogens with zero attached hydrogens (tertiary/aromatic N) is 2. The van der Waals surface area contributed by atoms with Crippen LogP contribution in [0.2, 0.25) is 0 Å². The van der Waals surface area contributed by atoms with E-state index in [9.17, 15) is 19.7 Å². The monoisotopic (exact) mass is 364 g/mol. The topological polar surface area (TPSA) is 127 Å². The van der Waals surface area contributed by atoms with Crippen LogP contribution in [0.3, 0.4) is 0 Å². The lowest BCUT2D eigenvalue weighted by atomic mass is 10.1. The van der Waals surface area contributed by atoms with E-state index in [1.807, 2.05) is 0 Å². The van der Waals surface area contributed by atoms with Crippen LogP contribution < -0.4 is 14.2 Å². The van der Waals surface area contributed by atoms with E-state index in [1.165, 1.54) is 46.5 Å². The summed E-state index contributed by atoms with van der Waals surface area (Å²) in [5.41, 5.74) is 0.191. The molecule has 0 radical (unpaired) electrons. The van der Waals surface area contributed by atoms with Crippen LogP contribution in [0.5, 0.6) is 17.2 Å². The molecule has 1 amide bonds. The van der Waals surface area contributed by atoms with Gasteiger partial charge >= 0.3 is 17.9 Å². The first kappa shape index (κ1) is 18.9. The Morgan fingerprint density at radius 2 is 1.73 bits per heavy atom. The van der Waals surface area contributed by atoms with E-state index in [0.29, 0.717) is 0 Å². The molecule has 0 fully saturated rings. The van der Waals surface area contributed by atoms with E-state index >= 15 is 0 Å². The summed E-state index contributed by atoms with van der Waals surface area (Å²) in [5, 5.41) is 11.1. The summed E-state index contributed by atoms with van der Waals surface area (Å²) in [6, 6.07) is 0.790. The van der Waals surface area contributed by atoms with Crippen LogP contribution in [-0.2, 0) is 9.53 Å². The number of ether oxygens (including phenoxy) is 4. The molecule has 0 aliphatic carbocycles. The molecule has 0 bridgehead atoms. The average molecular weight is 364 g/mol. The molecule has 1 aliphatic heterocycles. The van der Waals surface area contributed by atoms with E-state index in [1.54, 1.807) is 0 Å². The first-order valence-corrected chi connectivity index (χ1v) is 7.28. The van der Waals surface area contributed by atoms with Crippen molar-refractivity contribution in [3.63, 3.8) is 0 Å². The normalized spacial score (nSPS) is 16.3. The maximum absolute atomic E-state index is 12.4. The molecule has 10 heteroatoms. The number of aliphatic imine (C=N–C) groups is 1. The van der Waals surface area contributed by atoms with Crippen LogP contribution in [0.4, 0.5) is 0 Å². The molecule has 0 spiro atoms. The summed E-state index contributed by atoms with van der Waals surface area (Å²) in [5.74, 6) is -1.67. The highest BCUT2D eigenvalue weighted by atomic mass is 16.6. The zero-order chi connectivity index (χ0) is 19.4. The van der Waals surface area contributed by atoms with Crippen LogP contribution in [-0.4, -0.2) is 49.9 Å². The number of dihydropyridines is 1. The molecule has 2 rings (SSSR count). The minimum atomic E-state index is -1.87. The third kappa shape index (κ3) is 3.63. The van der Waals surface area contributed by atoms with Gasteiger partial charge in [0.15, 0.2) is 17.3 Å². The Morgan fingerprint density at radius 3 is 2.19 bits per heavy atom. The van der Waals surface area contributed by atoms with E-state index in [4.69, 9.17) is 18.9 Å². The van der Waals surface area contributed by atoms with Crippen molar-refractivity contribution < 1.29 is 33.5 Å². The van der Waals surface area contributed by atoms with Crippen molar-refractivity contribution in [1.29, 1.82) is 0 Å². The molecular weight excluding hydrogens is 348 g/mol. The second kappa shape index (κ2) is 7.64. The lowest BCUT2D eigenvalue weighted by molar-refractivity contribution is -0.501. The Labute approximate surface area is 148 Å². The molecule has 1 aromatic rings. The van der Waals surface area contributed by atoms with Gasteiger partial charge in [-0.3, -0.25) is 14.9 Å². The number of carbonyl (C=O) groups is 2. The van der Waals surface area contributed by atoms with Crippen LogP contribution in [0.1, 0.15) is 17.3 Å². The number of amides is 1. The second-order valence-corrected chi connectivity index (χ2v) is 5.13. The average Bonchev–Trinajstić information content (AvgIpc) is 2.59. The molecule has 1 unspecified atom stereocenters. The SMILES string of the molecule is COc1cc(C(=O)OC2=CC(C)=NC(=O)C2[N+](=O)[O-])cc(OC)c1OC. The van der Waals surface area contributed by atoms with Gasteiger partial charge in [-0.15, -0.1) is 0 Å². The Balaban J connectivity index is 2.39. The summed E-state index contributed by atoms with van der Waals surface area (Å²) in [4.78, 5) is 37.9. The number of benzene rings is 1. The van der Waals surface area contributed by atoms with Crippen molar-refractivity contribution in [2.24, 2.45) is 4.99 Å². The maximum Gasteiger partial charge on any atom is 0.348 e. The molecule has 1 heterocycles. The van der Waals surface area contributed by atoms with Gasteiger partial charge in [0.2, 0.25) is 5.75 Å². The number of methoxy groups -OCH3 is 3. The van der Waals surface area contributed by atoms with Crippen LogP contribution in [0.15, 0.2) is 29.0 Å². The van der Waals surface area contributed by atoms with Crippen molar-refractivity contribution in [2.75, 3.05) is 21.3 Å². The third-order valence-corrected chi connectivity index (χ3v) is 3.46. The number of hydrogen-bond donors (Lipinski definition) is 0. The predicted octanol–water partition coefficient (Wildman–Crippen LogP) is 1.40. The number of allylic oxidation sites excluding steroid dienone is 1. The zero-order valence-electron chi connectivity index (χ0n) is 14.5. The fourth-order valence-electron chi connectivity index (χ4n) is 2.32. The highest BCUT2D eigenvalue weighted by molar-refractivity contribution is 6.07. The molecule has 10 nitrogen and oxygen atoms in total. The van der Waals surface area contributed by atoms with Gasteiger partial charge in [-0.25, -0.2) is 9.79 Å². The lowest BCUT2D eigenvalue weighted by Crippen LogP contribution is -2.35. The van der Waals surface area contributed by atoms with Crippen molar-refractivity contribution in [1.82, 2.24) is 0 Å². The largest absolute Gasteiger partial charge is 0.493 e. The Bertz CT molecular complexity index is 803. The van der Waals surface area contributed by atoms with E-state index in [2.05, 4.69) is 4.99 Å². The van der Waals surface area contributed by atoms with E-state index < -0.39 is 28.6 Å². The van der Waals surface area contributed by atoms with Crippen molar-refractivity contribution in [3.8, 4) is 17.2 Å². The second-order valence-electron chi connectivity index (χ2n) is 5.13. The van der Waals surface area contributed by atoms with Gasteiger partial charge in [0.25, 0.3) is 0 Å². The molecule has 1 aromatic carbocycles.